The number of hydrogen-bond acceptors (Lipinski definition) is 0. The Kier molecular flexibility index (Phi) is 2.97. The van der Waals surface area contributed by atoms with Crippen LogP contribution in [0, 0.1) is 13.8 Å². The number of rotatable bonds is 1. The Morgan fingerprint density at radius 3 is 2.09 bits per heavy atom. The molecule has 4 aromatic rings. The molecule has 106 valence electrons. The van der Waals surface area contributed by atoms with Crippen LogP contribution in [0.3, 0.4) is 0 Å². The van der Waals surface area contributed by atoms with Crippen molar-refractivity contribution >= 4 is 21.5 Å². The standard InChI is InChI=1S/C22H18/c1-15-7-6-10-20-21(15)13-16(2)19-12-11-18(14-22(19)20)17-8-4-3-5-9-17/h3-14H,1-2H3. The van der Waals surface area contributed by atoms with Crippen molar-refractivity contribution in [2.45, 2.75) is 13.8 Å². The van der Waals surface area contributed by atoms with Crippen LogP contribution in [0.4, 0.5) is 0 Å². The van der Waals surface area contributed by atoms with E-state index in [0.29, 0.717) is 0 Å². The molecule has 0 heteroatoms. The fraction of sp³-hybridized carbons (Fsp3) is 0.0909. The second kappa shape index (κ2) is 4.99. The Morgan fingerprint density at radius 1 is 0.455 bits per heavy atom. The van der Waals surface area contributed by atoms with E-state index >= 15 is 0 Å². The van der Waals surface area contributed by atoms with Crippen molar-refractivity contribution in [1.82, 2.24) is 0 Å². The Labute approximate surface area is 131 Å². The third-order valence-electron chi connectivity index (χ3n) is 4.53. The molecule has 0 aromatic heterocycles. The van der Waals surface area contributed by atoms with Gasteiger partial charge in [-0.1, -0.05) is 66.7 Å². The van der Waals surface area contributed by atoms with E-state index in [9.17, 15) is 0 Å². The molecule has 0 aliphatic heterocycles. The normalized spacial score (nSPS) is 11.2. The van der Waals surface area contributed by atoms with Gasteiger partial charge in [0.2, 0.25) is 0 Å². The van der Waals surface area contributed by atoms with Crippen LogP contribution in [-0.4, -0.2) is 0 Å². The molecule has 0 heterocycles. The number of hydrogen-bond donors (Lipinski definition) is 0. The molecule has 0 aliphatic carbocycles. The van der Waals surface area contributed by atoms with E-state index in [1.165, 1.54) is 43.8 Å². The van der Waals surface area contributed by atoms with Gasteiger partial charge in [0.15, 0.2) is 0 Å². The number of aryl methyl sites for hydroxylation is 2. The highest BCUT2D eigenvalue weighted by molar-refractivity contribution is 6.11. The van der Waals surface area contributed by atoms with Gasteiger partial charge < -0.3 is 0 Å². The van der Waals surface area contributed by atoms with Crippen LogP contribution >= 0.6 is 0 Å². The van der Waals surface area contributed by atoms with E-state index < -0.39 is 0 Å². The predicted octanol–water partition coefficient (Wildman–Crippen LogP) is 6.28. The smallest absolute Gasteiger partial charge is 0.00965 e. The summed E-state index contributed by atoms with van der Waals surface area (Å²) < 4.78 is 0. The Hall–Kier alpha value is -2.60. The summed E-state index contributed by atoms with van der Waals surface area (Å²) in [7, 11) is 0. The first-order valence-electron chi connectivity index (χ1n) is 7.72. The average Bonchev–Trinajstić information content (AvgIpc) is 2.56. The summed E-state index contributed by atoms with van der Waals surface area (Å²) in [5.41, 5.74) is 5.23. The van der Waals surface area contributed by atoms with Gasteiger partial charge in [-0.2, -0.15) is 0 Å². The van der Waals surface area contributed by atoms with E-state index in [-0.39, 0.29) is 0 Å². The van der Waals surface area contributed by atoms with E-state index in [0.717, 1.165) is 0 Å². The molecule has 22 heavy (non-hydrogen) atoms. The fourth-order valence-corrected chi connectivity index (χ4v) is 3.32. The van der Waals surface area contributed by atoms with Crippen molar-refractivity contribution in [2.24, 2.45) is 0 Å². The van der Waals surface area contributed by atoms with Gasteiger partial charge in [0.25, 0.3) is 0 Å². The fourth-order valence-electron chi connectivity index (χ4n) is 3.32. The molecule has 0 fully saturated rings. The van der Waals surface area contributed by atoms with Crippen LogP contribution in [0.25, 0.3) is 32.7 Å². The lowest BCUT2D eigenvalue weighted by atomic mass is 9.93. The van der Waals surface area contributed by atoms with Gasteiger partial charge >= 0.3 is 0 Å². The highest BCUT2D eigenvalue weighted by Gasteiger charge is 2.07. The minimum atomic E-state index is 1.27. The summed E-state index contributed by atoms with van der Waals surface area (Å²) in [6.07, 6.45) is 0. The first-order chi connectivity index (χ1) is 10.7. The molecule has 0 N–H and O–H groups in total. The zero-order valence-corrected chi connectivity index (χ0v) is 12.9. The number of benzene rings is 4. The lowest BCUT2D eigenvalue weighted by Crippen LogP contribution is -1.86. The average molecular weight is 282 g/mol. The van der Waals surface area contributed by atoms with E-state index in [4.69, 9.17) is 0 Å². The van der Waals surface area contributed by atoms with Crippen molar-refractivity contribution < 1.29 is 0 Å². The van der Waals surface area contributed by atoms with Crippen molar-refractivity contribution in [2.75, 3.05) is 0 Å². The van der Waals surface area contributed by atoms with Crippen molar-refractivity contribution in [3.8, 4) is 11.1 Å². The van der Waals surface area contributed by atoms with Gasteiger partial charge in [-0.15, -0.1) is 0 Å². The second-order valence-electron chi connectivity index (χ2n) is 5.99. The first-order valence-corrected chi connectivity index (χ1v) is 7.72. The Bertz CT molecular complexity index is 979. The highest BCUT2D eigenvalue weighted by Crippen LogP contribution is 2.33. The molecule has 0 saturated heterocycles. The van der Waals surface area contributed by atoms with Crippen LogP contribution in [-0.2, 0) is 0 Å². The molecule has 0 saturated carbocycles. The monoisotopic (exact) mass is 282 g/mol. The van der Waals surface area contributed by atoms with Gasteiger partial charge in [-0.3, -0.25) is 0 Å². The topological polar surface area (TPSA) is 0 Å². The zero-order chi connectivity index (χ0) is 15.1. The summed E-state index contributed by atoms with van der Waals surface area (Å²) in [4.78, 5) is 0. The van der Waals surface area contributed by atoms with Gasteiger partial charge in [0, 0.05) is 0 Å². The molecular weight excluding hydrogens is 264 g/mol. The Balaban J connectivity index is 2.10. The molecular formula is C22H18. The molecule has 0 bridgehead atoms. The molecule has 4 rings (SSSR count). The summed E-state index contributed by atoms with van der Waals surface area (Å²) in [5.74, 6) is 0. The maximum atomic E-state index is 2.33. The number of fused-ring (bicyclic) bond motifs is 3. The first kappa shape index (κ1) is 13.1. The van der Waals surface area contributed by atoms with Gasteiger partial charge in [-0.05, 0) is 63.7 Å². The zero-order valence-electron chi connectivity index (χ0n) is 12.9. The molecule has 0 nitrogen and oxygen atoms in total. The van der Waals surface area contributed by atoms with Crippen LogP contribution in [0.15, 0.2) is 72.8 Å². The van der Waals surface area contributed by atoms with Crippen LogP contribution in [0.1, 0.15) is 11.1 Å². The van der Waals surface area contributed by atoms with Crippen LogP contribution in [0.2, 0.25) is 0 Å². The van der Waals surface area contributed by atoms with Crippen molar-refractivity contribution in [1.29, 1.82) is 0 Å². The minimum absolute atomic E-state index is 1.27. The summed E-state index contributed by atoms with van der Waals surface area (Å²) in [5, 5.41) is 5.40. The third-order valence-corrected chi connectivity index (χ3v) is 4.53. The molecule has 0 radical (unpaired) electrons. The SMILES string of the molecule is Cc1cccc2c1cc(C)c1ccc(-c3ccccc3)cc12. The highest BCUT2D eigenvalue weighted by atomic mass is 14.1. The van der Waals surface area contributed by atoms with Crippen molar-refractivity contribution in [3.05, 3.63) is 83.9 Å². The molecule has 0 unspecified atom stereocenters. The lowest BCUT2D eigenvalue weighted by molar-refractivity contribution is 1.50. The van der Waals surface area contributed by atoms with E-state index in [1.54, 1.807) is 0 Å². The minimum Gasteiger partial charge on any atom is -0.0622 e. The second-order valence-corrected chi connectivity index (χ2v) is 5.99. The van der Waals surface area contributed by atoms with E-state index in [2.05, 4.69) is 86.6 Å². The summed E-state index contributed by atoms with van der Waals surface area (Å²) >= 11 is 0. The molecule has 0 spiro atoms. The van der Waals surface area contributed by atoms with Crippen LogP contribution in [0.5, 0.6) is 0 Å². The lowest BCUT2D eigenvalue weighted by Gasteiger charge is -2.11. The maximum Gasteiger partial charge on any atom is -0.00965 e. The molecule has 4 aromatic carbocycles. The molecule has 0 atom stereocenters. The van der Waals surface area contributed by atoms with Gasteiger partial charge in [0.05, 0.1) is 0 Å². The van der Waals surface area contributed by atoms with Crippen molar-refractivity contribution in [3.63, 3.8) is 0 Å². The summed E-state index contributed by atoms with van der Waals surface area (Å²) in [6, 6.07) is 26.3. The van der Waals surface area contributed by atoms with Crippen LogP contribution < -0.4 is 0 Å². The Morgan fingerprint density at radius 2 is 1.27 bits per heavy atom. The molecule has 0 aliphatic rings. The van der Waals surface area contributed by atoms with Gasteiger partial charge in [0.1, 0.15) is 0 Å². The van der Waals surface area contributed by atoms with E-state index in [1.807, 2.05) is 0 Å². The largest absolute Gasteiger partial charge is 0.0622 e. The van der Waals surface area contributed by atoms with Gasteiger partial charge in [-0.25, -0.2) is 0 Å². The quantitative estimate of drug-likeness (QED) is 0.360. The summed E-state index contributed by atoms with van der Waals surface area (Å²) in [6.45, 7) is 4.39. The predicted molar refractivity (Wildman–Crippen MR) is 96.4 cm³/mol. The maximum absolute atomic E-state index is 2.33. The third kappa shape index (κ3) is 2.00. The molecule has 0 amide bonds.